The molecule has 0 saturated heterocycles. The van der Waals surface area contributed by atoms with Crippen molar-refractivity contribution >= 4 is 18.7 Å². The summed E-state index contributed by atoms with van der Waals surface area (Å²) in [5.41, 5.74) is 1.47. The van der Waals surface area contributed by atoms with Gasteiger partial charge >= 0.3 is 8.32 Å². The summed E-state index contributed by atoms with van der Waals surface area (Å²) < 4.78 is 6.94. The fourth-order valence-corrected chi connectivity index (χ4v) is 8.20. The molecule has 3 rings (SSSR count). The van der Waals surface area contributed by atoms with Crippen LogP contribution < -0.4 is 14.8 Å². The zero-order chi connectivity index (χ0) is 20.2. The van der Waals surface area contributed by atoms with E-state index in [1.54, 1.807) is 6.07 Å². The van der Waals surface area contributed by atoms with Gasteiger partial charge < -0.3 is 14.6 Å². The van der Waals surface area contributed by atoms with Crippen LogP contribution in [0, 0.1) is 0 Å². The highest BCUT2D eigenvalue weighted by atomic mass is 28.4. The smallest absolute Gasteiger partial charge is 0.319 e. The van der Waals surface area contributed by atoms with Crippen molar-refractivity contribution in [1.29, 1.82) is 0 Å². The first-order chi connectivity index (χ1) is 13.4. The number of rotatable bonds is 6. The maximum absolute atomic E-state index is 9.65. The van der Waals surface area contributed by atoms with Gasteiger partial charge in [0.05, 0.1) is 13.2 Å². The van der Waals surface area contributed by atoms with Crippen LogP contribution in [0.3, 0.4) is 0 Å². The second kappa shape index (κ2) is 8.31. The van der Waals surface area contributed by atoms with Gasteiger partial charge in [-0.1, -0.05) is 87.5 Å². The molecule has 2 N–H and O–H groups in total. The van der Waals surface area contributed by atoms with Crippen molar-refractivity contribution in [1.82, 2.24) is 0 Å². The molecule has 3 nitrogen and oxygen atoms in total. The van der Waals surface area contributed by atoms with Crippen LogP contribution in [0.25, 0.3) is 0 Å². The predicted molar refractivity (Wildman–Crippen MR) is 117 cm³/mol. The van der Waals surface area contributed by atoms with Crippen molar-refractivity contribution in [2.75, 3.05) is 0 Å². The van der Waals surface area contributed by atoms with Crippen LogP contribution in [0.4, 0.5) is 0 Å². The SMILES string of the molecule is CC(C)(C)[Si](Oc1cc(CO)cc(CO)c1)(c1ccccc1)c1ccccc1. The van der Waals surface area contributed by atoms with Gasteiger partial charge in [-0.15, -0.1) is 0 Å². The monoisotopic (exact) mass is 392 g/mol. The van der Waals surface area contributed by atoms with Crippen LogP contribution in [0.15, 0.2) is 78.9 Å². The summed E-state index contributed by atoms with van der Waals surface area (Å²) in [5.74, 6) is 0.685. The Kier molecular flexibility index (Phi) is 6.03. The molecule has 0 fully saturated rings. The molecule has 0 heterocycles. The van der Waals surface area contributed by atoms with Gasteiger partial charge in [-0.2, -0.15) is 0 Å². The molecule has 4 heteroatoms. The molecular weight excluding hydrogens is 364 g/mol. The third-order valence-electron chi connectivity index (χ3n) is 5.08. The summed E-state index contributed by atoms with van der Waals surface area (Å²) in [6, 6.07) is 26.4. The highest BCUT2D eigenvalue weighted by Gasteiger charge is 2.52. The zero-order valence-corrected chi connectivity index (χ0v) is 17.7. The van der Waals surface area contributed by atoms with Gasteiger partial charge in [-0.3, -0.25) is 0 Å². The lowest BCUT2D eigenvalue weighted by Crippen LogP contribution is -2.68. The molecule has 0 saturated carbocycles. The lowest BCUT2D eigenvalue weighted by molar-refractivity contribution is 0.274. The van der Waals surface area contributed by atoms with Crippen molar-refractivity contribution in [3.63, 3.8) is 0 Å². The van der Waals surface area contributed by atoms with E-state index in [4.69, 9.17) is 4.43 Å². The molecule has 3 aromatic carbocycles. The molecule has 0 amide bonds. The largest absolute Gasteiger partial charge is 0.534 e. The van der Waals surface area contributed by atoms with Crippen molar-refractivity contribution in [3.05, 3.63) is 90.0 Å². The van der Waals surface area contributed by atoms with E-state index in [9.17, 15) is 10.2 Å². The average molecular weight is 393 g/mol. The third kappa shape index (κ3) is 3.90. The second-order valence-corrected chi connectivity index (χ2v) is 12.3. The molecule has 0 radical (unpaired) electrons. The van der Waals surface area contributed by atoms with E-state index in [1.165, 1.54) is 10.4 Å². The maximum atomic E-state index is 9.65. The molecule has 0 bridgehead atoms. The van der Waals surface area contributed by atoms with Crippen molar-refractivity contribution in [3.8, 4) is 5.75 Å². The Labute approximate surface area is 168 Å². The van der Waals surface area contributed by atoms with Crippen molar-refractivity contribution in [2.45, 2.75) is 39.0 Å². The number of hydrogen-bond acceptors (Lipinski definition) is 3. The van der Waals surface area contributed by atoms with Gasteiger partial charge in [-0.05, 0) is 38.7 Å². The highest BCUT2D eigenvalue weighted by Crippen LogP contribution is 2.38. The van der Waals surface area contributed by atoms with Crippen LogP contribution >= 0.6 is 0 Å². The molecule has 0 unspecified atom stereocenters. The lowest BCUT2D eigenvalue weighted by Gasteiger charge is -2.43. The second-order valence-electron chi connectivity index (χ2n) is 8.07. The van der Waals surface area contributed by atoms with E-state index >= 15 is 0 Å². The summed E-state index contributed by atoms with van der Waals surface area (Å²) in [7, 11) is -2.72. The standard InChI is InChI=1S/C24H28O3Si/c1-24(2,3)28(22-10-6-4-7-11-22,23-12-8-5-9-13-23)27-21-15-19(17-25)14-20(16-21)18-26/h4-16,25-26H,17-18H2,1-3H3. The zero-order valence-electron chi connectivity index (χ0n) is 16.7. The van der Waals surface area contributed by atoms with E-state index < -0.39 is 8.32 Å². The fraction of sp³-hybridized carbons (Fsp3) is 0.250. The van der Waals surface area contributed by atoms with E-state index in [2.05, 4.69) is 69.3 Å². The molecule has 28 heavy (non-hydrogen) atoms. The van der Waals surface area contributed by atoms with E-state index in [1.807, 2.05) is 24.3 Å². The van der Waals surface area contributed by atoms with Crippen LogP contribution in [-0.2, 0) is 13.2 Å². The number of aliphatic hydroxyl groups is 2. The van der Waals surface area contributed by atoms with E-state index in [-0.39, 0.29) is 18.3 Å². The Bertz CT molecular complexity index is 840. The molecule has 3 aromatic rings. The Morgan fingerprint density at radius 1 is 0.714 bits per heavy atom. The summed E-state index contributed by atoms with van der Waals surface area (Å²) in [5, 5.41) is 21.5. The molecule has 0 aliphatic heterocycles. The third-order valence-corrected chi connectivity index (χ3v) is 10.0. The van der Waals surface area contributed by atoms with E-state index in [0.29, 0.717) is 5.75 Å². The molecular formula is C24H28O3Si. The summed E-state index contributed by atoms with van der Waals surface area (Å²) in [6.07, 6.45) is 0. The lowest BCUT2D eigenvalue weighted by atomic mass is 10.1. The Balaban J connectivity index is 2.25. The molecule has 146 valence electrons. The van der Waals surface area contributed by atoms with E-state index in [0.717, 1.165) is 11.1 Å². The average Bonchev–Trinajstić information content (AvgIpc) is 2.72. The highest BCUT2D eigenvalue weighted by molar-refractivity contribution is 7.00. The van der Waals surface area contributed by atoms with Gasteiger partial charge in [0, 0.05) is 0 Å². The molecule has 0 aliphatic carbocycles. The minimum absolute atomic E-state index is 0.0923. The number of benzene rings is 3. The summed E-state index contributed by atoms with van der Waals surface area (Å²) >= 11 is 0. The van der Waals surface area contributed by atoms with Gasteiger partial charge in [0.1, 0.15) is 5.75 Å². The van der Waals surface area contributed by atoms with Gasteiger partial charge in [0.15, 0.2) is 0 Å². The first-order valence-corrected chi connectivity index (χ1v) is 11.5. The van der Waals surface area contributed by atoms with Crippen LogP contribution in [-0.4, -0.2) is 18.5 Å². The minimum Gasteiger partial charge on any atom is -0.534 e. The Morgan fingerprint density at radius 3 is 1.50 bits per heavy atom. The van der Waals surface area contributed by atoms with Gasteiger partial charge in [0.2, 0.25) is 0 Å². The number of hydrogen-bond donors (Lipinski definition) is 2. The number of aliphatic hydroxyl groups excluding tert-OH is 2. The summed E-state index contributed by atoms with van der Waals surface area (Å²) in [6.45, 7) is 6.49. The first kappa shape index (κ1) is 20.3. The Morgan fingerprint density at radius 2 is 1.14 bits per heavy atom. The molecule has 0 spiro atoms. The Hall–Kier alpha value is -2.40. The molecule has 0 aliphatic rings. The van der Waals surface area contributed by atoms with Crippen LogP contribution in [0.1, 0.15) is 31.9 Å². The summed E-state index contributed by atoms with van der Waals surface area (Å²) in [4.78, 5) is 0. The topological polar surface area (TPSA) is 49.7 Å². The molecule has 0 aromatic heterocycles. The first-order valence-electron chi connectivity index (χ1n) is 9.55. The fourth-order valence-electron chi connectivity index (χ4n) is 3.80. The maximum Gasteiger partial charge on any atom is 0.319 e. The van der Waals surface area contributed by atoms with Crippen molar-refractivity contribution < 1.29 is 14.6 Å². The molecule has 0 atom stereocenters. The quantitative estimate of drug-likeness (QED) is 0.630. The van der Waals surface area contributed by atoms with Crippen molar-refractivity contribution in [2.24, 2.45) is 0 Å². The van der Waals surface area contributed by atoms with Crippen LogP contribution in [0.2, 0.25) is 5.04 Å². The van der Waals surface area contributed by atoms with Gasteiger partial charge in [-0.25, -0.2) is 0 Å². The normalized spacial score (nSPS) is 12.0. The predicted octanol–water partition coefficient (Wildman–Crippen LogP) is 3.61. The van der Waals surface area contributed by atoms with Crippen LogP contribution in [0.5, 0.6) is 5.75 Å². The minimum atomic E-state index is -2.72. The van der Waals surface area contributed by atoms with Gasteiger partial charge in [0.25, 0.3) is 0 Å².